The van der Waals surface area contributed by atoms with Crippen molar-refractivity contribution in [3.63, 3.8) is 0 Å². The van der Waals surface area contributed by atoms with Gasteiger partial charge in [0.2, 0.25) is 0 Å². The number of carbonyl (C=O) groups excluding carboxylic acids is 3. The van der Waals surface area contributed by atoms with E-state index in [1.807, 2.05) is 0 Å². The van der Waals surface area contributed by atoms with Crippen LogP contribution >= 0.6 is 11.3 Å². The van der Waals surface area contributed by atoms with E-state index >= 15 is 0 Å². The lowest BCUT2D eigenvalue weighted by Crippen LogP contribution is -2.41. The molecule has 0 saturated carbocycles. The topological polar surface area (TPSA) is 75.7 Å². The van der Waals surface area contributed by atoms with E-state index < -0.39 is 24.0 Å². The number of thiophene rings is 1. The van der Waals surface area contributed by atoms with E-state index in [1.54, 1.807) is 23.6 Å². The Kier molecular flexibility index (Phi) is 4.80. The maximum absolute atomic E-state index is 13.1. The lowest BCUT2D eigenvalue weighted by atomic mass is 10.1. The predicted octanol–water partition coefficient (Wildman–Crippen LogP) is 2.65. The molecule has 130 valence electrons. The Morgan fingerprint density at radius 1 is 1.28 bits per heavy atom. The van der Waals surface area contributed by atoms with Crippen molar-refractivity contribution in [3.8, 4) is 11.1 Å². The first kappa shape index (κ1) is 17.1. The minimum atomic E-state index is -1.08. The molecule has 1 fully saturated rings. The summed E-state index contributed by atoms with van der Waals surface area (Å²) in [7, 11) is 0. The zero-order valence-corrected chi connectivity index (χ0v) is 14.1. The smallest absolute Gasteiger partial charge is 0.349 e. The van der Waals surface area contributed by atoms with Crippen LogP contribution in [0.4, 0.5) is 9.18 Å². The van der Waals surface area contributed by atoms with Crippen LogP contribution in [0.1, 0.15) is 16.6 Å². The molecule has 8 heteroatoms. The van der Waals surface area contributed by atoms with Crippen LogP contribution in [0.25, 0.3) is 11.1 Å². The zero-order valence-electron chi connectivity index (χ0n) is 13.3. The number of rotatable bonds is 4. The largest absolute Gasteiger partial charge is 0.448 e. The first-order valence-electron chi connectivity index (χ1n) is 7.61. The molecule has 0 bridgehead atoms. The third-order valence-corrected chi connectivity index (χ3v) is 4.65. The lowest BCUT2D eigenvalue weighted by Gasteiger charge is -2.18. The van der Waals surface area contributed by atoms with Gasteiger partial charge >= 0.3 is 12.0 Å². The van der Waals surface area contributed by atoms with E-state index in [4.69, 9.17) is 4.74 Å². The van der Waals surface area contributed by atoms with Gasteiger partial charge in [-0.3, -0.25) is 9.69 Å². The number of halogens is 1. The third-order valence-electron chi connectivity index (χ3n) is 3.76. The average molecular weight is 362 g/mol. The van der Waals surface area contributed by atoms with E-state index in [-0.39, 0.29) is 12.4 Å². The van der Waals surface area contributed by atoms with Gasteiger partial charge in [0, 0.05) is 18.7 Å². The quantitative estimate of drug-likeness (QED) is 0.849. The number of urea groups is 1. The Balaban J connectivity index is 1.74. The van der Waals surface area contributed by atoms with Gasteiger partial charge in [0.1, 0.15) is 10.7 Å². The van der Waals surface area contributed by atoms with Crippen LogP contribution in [0.5, 0.6) is 0 Å². The maximum Gasteiger partial charge on any atom is 0.349 e. The number of hydrogen-bond acceptors (Lipinski definition) is 5. The highest BCUT2D eigenvalue weighted by Crippen LogP contribution is 2.29. The molecule has 0 aliphatic carbocycles. The van der Waals surface area contributed by atoms with Crippen molar-refractivity contribution < 1.29 is 23.5 Å². The van der Waals surface area contributed by atoms with E-state index in [2.05, 4.69) is 5.32 Å². The summed E-state index contributed by atoms with van der Waals surface area (Å²) in [6.07, 6.45) is -1.08. The minimum absolute atomic E-state index is 0.249. The van der Waals surface area contributed by atoms with E-state index in [9.17, 15) is 18.8 Å². The van der Waals surface area contributed by atoms with Crippen molar-refractivity contribution in [3.05, 3.63) is 46.4 Å². The standard InChI is InChI=1S/C17H15FN2O4S/c1-10(15(21)20-8-7-19-17(20)23)24-16(22)14-13(6-9-25-14)11-2-4-12(18)5-3-11/h2-6,9-10H,7-8H2,1H3,(H,19,23). The third kappa shape index (κ3) is 3.53. The molecule has 2 aromatic rings. The van der Waals surface area contributed by atoms with Crippen molar-refractivity contribution in [2.75, 3.05) is 13.1 Å². The summed E-state index contributed by atoms with van der Waals surface area (Å²) in [6, 6.07) is 6.99. The summed E-state index contributed by atoms with van der Waals surface area (Å²) in [6.45, 7) is 2.06. The van der Waals surface area contributed by atoms with E-state index in [0.29, 0.717) is 22.5 Å². The molecule has 1 aliphatic heterocycles. The number of ether oxygens (including phenoxy) is 1. The Bertz CT molecular complexity index is 818. The second kappa shape index (κ2) is 7.02. The average Bonchev–Trinajstić information content (AvgIpc) is 3.23. The fraction of sp³-hybridized carbons (Fsp3) is 0.235. The molecule has 1 aromatic carbocycles. The molecule has 0 spiro atoms. The number of esters is 1. The Hall–Kier alpha value is -2.74. The summed E-state index contributed by atoms with van der Waals surface area (Å²) < 4.78 is 18.3. The van der Waals surface area contributed by atoms with Crippen LogP contribution in [0.15, 0.2) is 35.7 Å². The number of carbonyl (C=O) groups is 3. The van der Waals surface area contributed by atoms with Crippen molar-refractivity contribution in [1.29, 1.82) is 0 Å². The lowest BCUT2D eigenvalue weighted by molar-refractivity contribution is -0.135. The molecule has 25 heavy (non-hydrogen) atoms. The highest BCUT2D eigenvalue weighted by atomic mass is 32.1. The number of amides is 3. The van der Waals surface area contributed by atoms with Gasteiger partial charge in [-0.1, -0.05) is 12.1 Å². The minimum Gasteiger partial charge on any atom is -0.448 e. The summed E-state index contributed by atoms with van der Waals surface area (Å²) in [4.78, 5) is 37.5. The molecule has 1 atom stereocenters. The van der Waals surface area contributed by atoms with E-state index in [0.717, 1.165) is 4.90 Å². The van der Waals surface area contributed by atoms with Gasteiger partial charge in [0.15, 0.2) is 6.10 Å². The Labute approximate surface area is 147 Å². The molecule has 1 saturated heterocycles. The molecular formula is C17H15FN2O4S. The molecular weight excluding hydrogens is 347 g/mol. The van der Waals surface area contributed by atoms with Crippen LogP contribution in [0.2, 0.25) is 0 Å². The van der Waals surface area contributed by atoms with Crippen molar-refractivity contribution >= 4 is 29.2 Å². The maximum atomic E-state index is 13.1. The SMILES string of the molecule is CC(OC(=O)c1sccc1-c1ccc(F)cc1)C(=O)N1CCNC1=O. The summed E-state index contributed by atoms with van der Waals surface area (Å²) in [5.41, 5.74) is 1.28. The second-order valence-electron chi connectivity index (χ2n) is 5.44. The fourth-order valence-electron chi connectivity index (χ4n) is 2.49. The number of hydrogen-bond donors (Lipinski definition) is 1. The van der Waals surface area contributed by atoms with Crippen molar-refractivity contribution in [2.24, 2.45) is 0 Å². The van der Waals surface area contributed by atoms with Crippen LogP contribution < -0.4 is 5.32 Å². The summed E-state index contributed by atoms with van der Waals surface area (Å²) in [5, 5.41) is 4.24. The summed E-state index contributed by atoms with van der Waals surface area (Å²) >= 11 is 1.17. The van der Waals surface area contributed by atoms with Crippen LogP contribution in [0.3, 0.4) is 0 Å². The van der Waals surface area contributed by atoms with Gasteiger partial charge < -0.3 is 10.1 Å². The molecule has 2 heterocycles. The van der Waals surface area contributed by atoms with Gasteiger partial charge in [0.05, 0.1) is 0 Å². The van der Waals surface area contributed by atoms with Crippen LogP contribution in [-0.2, 0) is 9.53 Å². The number of nitrogens with one attached hydrogen (secondary N) is 1. The van der Waals surface area contributed by atoms with Crippen molar-refractivity contribution in [2.45, 2.75) is 13.0 Å². The van der Waals surface area contributed by atoms with Gasteiger partial charge in [-0.25, -0.2) is 14.0 Å². The number of nitrogens with zero attached hydrogens (tertiary/aromatic N) is 1. The molecule has 0 radical (unpaired) electrons. The predicted molar refractivity (Wildman–Crippen MR) is 89.7 cm³/mol. The molecule has 3 rings (SSSR count). The number of benzene rings is 1. The summed E-state index contributed by atoms with van der Waals surface area (Å²) in [5.74, 6) is -1.59. The van der Waals surface area contributed by atoms with Gasteiger partial charge in [-0.05, 0) is 36.1 Å². The van der Waals surface area contributed by atoms with Gasteiger partial charge in [0.25, 0.3) is 5.91 Å². The molecule has 3 amide bonds. The highest BCUT2D eigenvalue weighted by molar-refractivity contribution is 7.12. The Morgan fingerprint density at radius 3 is 2.64 bits per heavy atom. The molecule has 1 aliphatic rings. The van der Waals surface area contributed by atoms with Gasteiger partial charge in [-0.15, -0.1) is 11.3 Å². The van der Waals surface area contributed by atoms with Gasteiger partial charge in [-0.2, -0.15) is 0 Å². The first-order chi connectivity index (χ1) is 12.0. The fourth-order valence-corrected chi connectivity index (χ4v) is 3.29. The zero-order chi connectivity index (χ0) is 18.0. The van der Waals surface area contributed by atoms with Crippen LogP contribution in [-0.4, -0.2) is 42.0 Å². The molecule has 1 unspecified atom stereocenters. The molecule has 1 N–H and O–H groups in total. The van der Waals surface area contributed by atoms with Crippen LogP contribution in [0, 0.1) is 5.82 Å². The second-order valence-corrected chi connectivity index (χ2v) is 6.36. The molecule has 1 aromatic heterocycles. The van der Waals surface area contributed by atoms with Crippen molar-refractivity contribution in [1.82, 2.24) is 10.2 Å². The monoisotopic (exact) mass is 362 g/mol. The first-order valence-corrected chi connectivity index (χ1v) is 8.49. The Morgan fingerprint density at radius 2 is 2.00 bits per heavy atom. The normalized spacial score (nSPS) is 15.0. The highest BCUT2D eigenvalue weighted by Gasteiger charge is 2.32. The number of imide groups is 1. The van der Waals surface area contributed by atoms with E-state index in [1.165, 1.54) is 30.4 Å². The molecule has 6 nitrogen and oxygen atoms in total.